The van der Waals surface area contributed by atoms with Crippen molar-refractivity contribution in [2.75, 3.05) is 13.1 Å². The van der Waals surface area contributed by atoms with Crippen LogP contribution < -0.4 is 10.9 Å². The standard InChI is InChI=1S/C18H24N6O4/c1-18(2,3)28-17(27)23-8-4-6-12(11-23)15(25)21-22-16(26)13-10-20-24-9-5-7-19-14(13)24/h5,7,9-10,12H,4,6,8,11H2,1-3H3,(H,21,25)(H,22,26)/t12-/m1/s1. The van der Waals surface area contributed by atoms with Crippen molar-refractivity contribution in [1.82, 2.24) is 30.3 Å². The number of fused-ring (bicyclic) bond motifs is 1. The van der Waals surface area contributed by atoms with E-state index in [1.807, 2.05) is 0 Å². The highest BCUT2D eigenvalue weighted by molar-refractivity contribution is 6.00. The first kappa shape index (κ1) is 19.6. The summed E-state index contributed by atoms with van der Waals surface area (Å²) >= 11 is 0. The molecule has 3 rings (SSSR count). The molecule has 10 heteroatoms. The molecule has 1 aliphatic heterocycles. The molecule has 1 saturated heterocycles. The lowest BCUT2D eigenvalue weighted by atomic mass is 9.98. The smallest absolute Gasteiger partial charge is 0.410 e. The largest absolute Gasteiger partial charge is 0.444 e. The second-order valence-electron chi connectivity index (χ2n) is 7.65. The third-order valence-electron chi connectivity index (χ3n) is 4.27. The SMILES string of the molecule is CC(C)(C)OC(=O)N1CCC[C@@H](C(=O)NNC(=O)c2cnn3cccnc23)C1. The summed E-state index contributed by atoms with van der Waals surface area (Å²) in [6, 6.07) is 1.70. The van der Waals surface area contributed by atoms with Crippen LogP contribution in [0.3, 0.4) is 0 Å². The van der Waals surface area contributed by atoms with Gasteiger partial charge in [0.2, 0.25) is 5.91 Å². The van der Waals surface area contributed by atoms with Crippen LogP contribution in [0.25, 0.3) is 5.65 Å². The summed E-state index contributed by atoms with van der Waals surface area (Å²) in [5.41, 5.74) is 4.87. The molecule has 10 nitrogen and oxygen atoms in total. The Morgan fingerprint density at radius 1 is 1.25 bits per heavy atom. The second kappa shape index (κ2) is 7.83. The topological polar surface area (TPSA) is 118 Å². The molecular weight excluding hydrogens is 364 g/mol. The number of carbonyl (C=O) groups is 3. The number of amides is 3. The lowest BCUT2D eigenvalue weighted by molar-refractivity contribution is -0.127. The molecule has 1 fully saturated rings. The number of likely N-dealkylation sites (tertiary alicyclic amines) is 1. The summed E-state index contributed by atoms with van der Waals surface area (Å²) < 4.78 is 6.83. The van der Waals surface area contributed by atoms with Gasteiger partial charge in [0.15, 0.2) is 5.65 Å². The molecule has 3 heterocycles. The Hall–Kier alpha value is -3.17. The van der Waals surface area contributed by atoms with Gasteiger partial charge in [-0.2, -0.15) is 5.10 Å². The Morgan fingerprint density at radius 3 is 2.79 bits per heavy atom. The van der Waals surface area contributed by atoms with Crippen LogP contribution in [0, 0.1) is 5.92 Å². The minimum Gasteiger partial charge on any atom is -0.444 e. The van der Waals surface area contributed by atoms with Gasteiger partial charge >= 0.3 is 6.09 Å². The number of piperidine rings is 1. The van der Waals surface area contributed by atoms with Gasteiger partial charge in [-0.05, 0) is 39.7 Å². The summed E-state index contributed by atoms with van der Waals surface area (Å²) in [7, 11) is 0. The third-order valence-corrected chi connectivity index (χ3v) is 4.27. The van der Waals surface area contributed by atoms with Gasteiger partial charge in [-0.3, -0.25) is 20.4 Å². The van der Waals surface area contributed by atoms with Crippen molar-refractivity contribution in [1.29, 1.82) is 0 Å². The lowest BCUT2D eigenvalue weighted by Crippen LogP contribution is -2.50. The van der Waals surface area contributed by atoms with Crippen LogP contribution in [0.5, 0.6) is 0 Å². The van der Waals surface area contributed by atoms with E-state index in [0.717, 1.165) is 0 Å². The van der Waals surface area contributed by atoms with Crippen molar-refractivity contribution in [2.45, 2.75) is 39.2 Å². The zero-order valence-corrected chi connectivity index (χ0v) is 16.1. The number of hydrogen-bond acceptors (Lipinski definition) is 6. The summed E-state index contributed by atoms with van der Waals surface area (Å²) in [5.74, 6) is -1.29. The zero-order valence-electron chi connectivity index (χ0n) is 16.1. The molecule has 0 spiro atoms. The van der Waals surface area contributed by atoms with E-state index in [1.165, 1.54) is 15.6 Å². The number of aromatic nitrogens is 3. The number of ether oxygens (including phenoxy) is 1. The highest BCUT2D eigenvalue weighted by Crippen LogP contribution is 2.19. The predicted molar refractivity (Wildman–Crippen MR) is 99.1 cm³/mol. The first-order chi connectivity index (χ1) is 13.2. The highest BCUT2D eigenvalue weighted by atomic mass is 16.6. The van der Waals surface area contributed by atoms with Gasteiger partial charge in [0.1, 0.15) is 11.2 Å². The van der Waals surface area contributed by atoms with Crippen molar-refractivity contribution < 1.29 is 19.1 Å². The van der Waals surface area contributed by atoms with Gasteiger partial charge in [0.05, 0.1) is 12.1 Å². The Labute approximate surface area is 162 Å². The molecule has 150 valence electrons. The van der Waals surface area contributed by atoms with E-state index < -0.39 is 23.5 Å². The Kier molecular flexibility index (Phi) is 5.48. The Balaban J connectivity index is 1.55. The summed E-state index contributed by atoms with van der Waals surface area (Å²) in [4.78, 5) is 42.6. The maximum atomic E-state index is 12.4. The number of hydrogen-bond donors (Lipinski definition) is 2. The molecule has 0 aromatic carbocycles. The number of rotatable bonds is 2. The fourth-order valence-electron chi connectivity index (χ4n) is 2.96. The zero-order chi connectivity index (χ0) is 20.3. The molecule has 0 unspecified atom stereocenters. The van der Waals surface area contributed by atoms with E-state index in [9.17, 15) is 14.4 Å². The molecule has 0 aliphatic carbocycles. The van der Waals surface area contributed by atoms with Crippen LogP contribution in [0.4, 0.5) is 4.79 Å². The number of nitrogens with one attached hydrogen (secondary N) is 2. The summed E-state index contributed by atoms with van der Waals surface area (Å²) in [6.45, 7) is 6.17. The molecule has 1 aliphatic rings. The van der Waals surface area contributed by atoms with E-state index in [-0.39, 0.29) is 18.0 Å². The van der Waals surface area contributed by atoms with E-state index >= 15 is 0 Å². The van der Waals surface area contributed by atoms with Crippen molar-refractivity contribution >= 4 is 23.6 Å². The van der Waals surface area contributed by atoms with Gasteiger partial charge in [0, 0.05) is 25.5 Å². The van der Waals surface area contributed by atoms with Gasteiger partial charge < -0.3 is 9.64 Å². The molecule has 0 radical (unpaired) electrons. The van der Waals surface area contributed by atoms with Crippen LogP contribution in [0.1, 0.15) is 44.0 Å². The lowest BCUT2D eigenvalue weighted by Gasteiger charge is -2.33. The minimum absolute atomic E-state index is 0.245. The molecule has 2 N–H and O–H groups in total. The molecule has 0 saturated carbocycles. The normalized spacial score (nSPS) is 17.2. The van der Waals surface area contributed by atoms with Crippen molar-refractivity contribution in [2.24, 2.45) is 5.92 Å². The molecular formula is C18H24N6O4. The van der Waals surface area contributed by atoms with Crippen LogP contribution in [-0.2, 0) is 9.53 Å². The Morgan fingerprint density at radius 2 is 2.04 bits per heavy atom. The van der Waals surface area contributed by atoms with E-state index in [1.54, 1.807) is 39.2 Å². The van der Waals surface area contributed by atoms with E-state index in [4.69, 9.17) is 4.74 Å². The first-order valence-corrected chi connectivity index (χ1v) is 9.11. The van der Waals surface area contributed by atoms with Gasteiger partial charge in [-0.25, -0.2) is 14.3 Å². The fraction of sp³-hybridized carbons (Fsp3) is 0.500. The number of carbonyl (C=O) groups excluding carboxylic acids is 3. The van der Waals surface area contributed by atoms with Crippen molar-refractivity contribution in [3.63, 3.8) is 0 Å². The highest BCUT2D eigenvalue weighted by Gasteiger charge is 2.31. The molecule has 3 amide bonds. The average Bonchev–Trinajstić information content (AvgIpc) is 3.09. The molecule has 1 atom stereocenters. The minimum atomic E-state index is -0.595. The van der Waals surface area contributed by atoms with Gasteiger partial charge in [-0.1, -0.05) is 0 Å². The van der Waals surface area contributed by atoms with Crippen molar-refractivity contribution in [3.8, 4) is 0 Å². The maximum absolute atomic E-state index is 12.4. The first-order valence-electron chi connectivity index (χ1n) is 9.11. The second-order valence-corrected chi connectivity index (χ2v) is 7.65. The monoisotopic (exact) mass is 388 g/mol. The summed E-state index contributed by atoms with van der Waals surface area (Å²) in [6.07, 6.45) is 5.48. The Bertz CT molecular complexity index is 888. The fourth-order valence-corrected chi connectivity index (χ4v) is 2.96. The van der Waals surface area contributed by atoms with Gasteiger partial charge in [0.25, 0.3) is 5.91 Å². The van der Waals surface area contributed by atoms with Crippen molar-refractivity contribution in [3.05, 3.63) is 30.2 Å². The quantitative estimate of drug-likeness (QED) is 0.745. The third kappa shape index (κ3) is 4.56. The van der Waals surface area contributed by atoms with Gasteiger partial charge in [-0.15, -0.1) is 0 Å². The predicted octanol–water partition coefficient (Wildman–Crippen LogP) is 1.14. The molecule has 28 heavy (non-hydrogen) atoms. The van der Waals surface area contributed by atoms with Crippen LogP contribution >= 0.6 is 0 Å². The maximum Gasteiger partial charge on any atom is 0.410 e. The van der Waals surface area contributed by atoms with E-state index in [2.05, 4.69) is 20.9 Å². The van der Waals surface area contributed by atoms with Crippen LogP contribution in [0.2, 0.25) is 0 Å². The van der Waals surface area contributed by atoms with Crippen LogP contribution in [-0.4, -0.2) is 56.1 Å². The average molecular weight is 388 g/mol. The molecule has 2 aromatic heterocycles. The number of nitrogens with zero attached hydrogens (tertiary/aromatic N) is 4. The van der Waals surface area contributed by atoms with Crippen LogP contribution in [0.15, 0.2) is 24.7 Å². The summed E-state index contributed by atoms with van der Waals surface area (Å²) in [5, 5.41) is 4.04. The molecule has 2 aromatic rings. The van der Waals surface area contributed by atoms with E-state index in [0.29, 0.717) is 25.0 Å². The molecule has 0 bridgehead atoms. The number of hydrazine groups is 1.